The fraction of sp³-hybridized carbons (Fsp3) is 0.650. The van der Waals surface area contributed by atoms with Gasteiger partial charge in [-0.25, -0.2) is 0 Å². The van der Waals surface area contributed by atoms with Crippen LogP contribution in [0.3, 0.4) is 0 Å². The summed E-state index contributed by atoms with van der Waals surface area (Å²) < 4.78 is 16.4. The number of benzene rings is 1. The Morgan fingerprint density at radius 2 is 1.74 bits per heavy atom. The molecule has 1 aromatic carbocycles. The molecule has 0 radical (unpaired) electrons. The molecule has 0 aromatic heterocycles. The molecule has 0 aliphatic rings. The Morgan fingerprint density at radius 1 is 1.00 bits per heavy atom. The van der Waals surface area contributed by atoms with E-state index in [2.05, 4.69) is 35.5 Å². The first kappa shape index (κ1) is 25.9. The summed E-state index contributed by atoms with van der Waals surface area (Å²) in [5.74, 6) is 1.73. The van der Waals surface area contributed by atoms with Gasteiger partial charge in [0.15, 0.2) is 5.96 Å². The van der Waals surface area contributed by atoms with Crippen LogP contribution in [0.15, 0.2) is 29.3 Å². The SMILES string of the molecule is CCCCOCCOCCN=C(NCC)NCCc1ccccc1OC.I. The van der Waals surface area contributed by atoms with Gasteiger partial charge in [0.2, 0.25) is 0 Å². The lowest BCUT2D eigenvalue weighted by Gasteiger charge is -2.12. The van der Waals surface area contributed by atoms with Crippen LogP contribution in [-0.2, 0) is 15.9 Å². The fourth-order valence-corrected chi connectivity index (χ4v) is 2.36. The van der Waals surface area contributed by atoms with Crippen LogP contribution in [0.5, 0.6) is 5.75 Å². The number of guanidine groups is 1. The summed E-state index contributed by atoms with van der Waals surface area (Å²) in [6.45, 7) is 9.15. The van der Waals surface area contributed by atoms with E-state index in [0.29, 0.717) is 26.4 Å². The monoisotopic (exact) mass is 493 g/mol. The van der Waals surface area contributed by atoms with Crippen molar-refractivity contribution in [2.45, 2.75) is 33.1 Å². The molecular weight excluding hydrogens is 457 g/mol. The van der Waals surface area contributed by atoms with E-state index >= 15 is 0 Å². The Kier molecular flexibility index (Phi) is 17.6. The van der Waals surface area contributed by atoms with Crippen LogP contribution in [0.4, 0.5) is 0 Å². The molecule has 27 heavy (non-hydrogen) atoms. The molecule has 7 heteroatoms. The van der Waals surface area contributed by atoms with Crippen LogP contribution in [0, 0.1) is 0 Å². The van der Waals surface area contributed by atoms with Crippen LogP contribution in [0.2, 0.25) is 0 Å². The van der Waals surface area contributed by atoms with Crippen molar-refractivity contribution in [3.8, 4) is 5.75 Å². The second-order valence-corrected chi connectivity index (χ2v) is 5.83. The van der Waals surface area contributed by atoms with Crippen molar-refractivity contribution in [1.29, 1.82) is 0 Å². The third kappa shape index (κ3) is 12.9. The van der Waals surface area contributed by atoms with Crippen LogP contribution in [0.25, 0.3) is 0 Å². The zero-order valence-corrected chi connectivity index (χ0v) is 19.3. The lowest BCUT2D eigenvalue weighted by molar-refractivity contribution is 0.0497. The van der Waals surface area contributed by atoms with Crippen LogP contribution in [-0.4, -0.2) is 59.1 Å². The summed E-state index contributed by atoms with van der Waals surface area (Å²) in [6, 6.07) is 8.08. The number of para-hydroxylation sites is 1. The van der Waals surface area contributed by atoms with Gasteiger partial charge >= 0.3 is 0 Å². The predicted octanol–water partition coefficient (Wildman–Crippen LogP) is 3.24. The highest BCUT2D eigenvalue weighted by molar-refractivity contribution is 14.0. The molecule has 0 saturated heterocycles. The second kappa shape index (κ2) is 18.3. The Labute approximate surface area is 181 Å². The van der Waals surface area contributed by atoms with Crippen molar-refractivity contribution < 1.29 is 14.2 Å². The second-order valence-electron chi connectivity index (χ2n) is 5.83. The quantitative estimate of drug-likeness (QED) is 0.180. The summed E-state index contributed by atoms with van der Waals surface area (Å²) in [6.07, 6.45) is 3.14. The van der Waals surface area contributed by atoms with Crippen LogP contribution < -0.4 is 15.4 Å². The van der Waals surface area contributed by atoms with E-state index in [4.69, 9.17) is 14.2 Å². The van der Waals surface area contributed by atoms with E-state index in [-0.39, 0.29) is 24.0 Å². The number of nitrogens with zero attached hydrogens (tertiary/aromatic N) is 1. The molecule has 0 heterocycles. The van der Waals surface area contributed by atoms with E-state index in [1.54, 1.807) is 7.11 Å². The average Bonchev–Trinajstić information content (AvgIpc) is 2.67. The number of methoxy groups -OCH3 is 1. The number of unbranched alkanes of at least 4 members (excludes halogenated alkanes) is 1. The highest BCUT2D eigenvalue weighted by Gasteiger charge is 2.02. The fourth-order valence-electron chi connectivity index (χ4n) is 2.36. The molecule has 0 spiro atoms. The topological polar surface area (TPSA) is 64.1 Å². The number of hydrogen-bond acceptors (Lipinski definition) is 4. The average molecular weight is 493 g/mol. The van der Waals surface area contributed by atoms with E-state index in [1.165, 1.54) is 5.56 Å². The molecule has 156 valence electrons. The van der Waals surface area contributed by atoms with Crippen LogP contribution >= 0.6 is 24.0 Å². The Balaban J connectivity index is 0.00000676. The number of ether oxygens (including phenoxy) is 3. The Bertz CT molecular complexity index is 501. The molecule has 0 fully saturated rings. The molecule has 0 atom stereocenters. The molecular formula is C20H36IN3O3. The van der Waals surface area contributed by atoms with Gasteiger partial charge < -0.3 is 24.8 Å². The summed E-state index contributed by atoms with van der Waals surface area (Å²) >= 11 is 0. The first-order valence-electron chi connectivity index (χ1n) is 9.61. The van der Waals surface area contributed by atoms with Crippen LogP contribution in [0.1, 0.15) is 32.3 Å². The van der Waals surface area contributed by atoms with Crippen molar-refractivity contribution in [1.82, 2.24) is 10.6 Å². The minimum Gasteiger partial charge on any atom is -0.496 e. The molecule has 6 nitrogen and oxygen atoms in total. The van der Waals surface area contributed by atoms with E-state index in [1.807, 2.05) is 18.2 Å². The summed E-state index contributed by atoms with van der Waals surface area (Å²) in [7, 11) is 1.70. The summed E-state index contributed by atoms with van der Waals surface area (Å²) in [5.41, 5.74) is 1.18. The van der Waals surface area contributed by atoms with Crippen molar-refractivity contribution in [2.24, 2.45) is 4.99 Å². The largest absolute Gasteiger partial charge is 0.496 e. The highest BCUT2D eigenvalue weighted by Crippen LogP contribution is 2.17. The maximum absolute atomic E-state index is 5.54. The number of rotatable bonds is 14. The van der Waals surface area contributed by atoms with Gasteiger partial charge in [0.25, 0.3) is 0 Å². The van der Waals surface area contributed by atoms with Gasteiger partial charge in [-0.3, -0.25) is 4.99 Å². The standard InChI is InChI=1S/C20H35N3O3.HI/c1-4-6-14-25-16-17-26-15-13-23-20(21-5-2)22-12-11-18-9-7-8-10-19(18)24-3;/h7-10H,4-6,11-17H2,1-3H3,(H2,21,22,23);1H. The number of aliphatic imine (C=N–C) groups is 1. The zero-order chi connectivity index (χ0) is 18.9. The third-order valence-corrected chi connectivity index (χ3v) is 3.74. The molecule has 0 bridgehead atoms. The maximum Gasteiger partial charge on any atom is 0.191 e. The first-order valence-corrected chi connectivity index (χ1v) is 9.61. The molecule has 0 unspecified atom stereocenters. The van der Waals surface area contributed by atoms with Gasteiger partial charge in [-0.2, -0.15) is 0 Å². The maximum atomic E-state index is 5.54. The summed E-state index contributed by atoms with van der Waals surface area (Å²) in [4.78, 5) is 4.53. The molecule has 1 aromatic rings. The lowest BCUT2D eigenvalue weighted by atomic mass is 10.1. The smallest absolute Gasteiger partial charge is 0.191 e. The van der Waals surface area contributed by atoms with Gasteiger partial charge in [0, 0.05) is 19.7 Å². The van der Waals surface area contributed by atoms with Gasteiger partial charge in [-0.15, -0.1) is 24.0 Å². The molecule has 0 aliphatic heterocycles. The molecule has 0 saturated carbocycles. The van der Waals surface area contributed by atoms with E-state index < -0.39 is 0 Å². The zero-order valence-electron chi connectivity index (χ0n) is 17.0. The van der Waals surface area contributed by atoms with Crippen molar-refractivity contribution in [2.75, 3.05) is 53.2 Å². The van der Waals surface area contributed by atoms with Gasteiger partial charge in [-0.1, -0.05) is 31.5 Å². The Hall–Kier alpha value is -1.06. The molecule has 0 aliphatic carbocycles. The highest BCUT2D eigenvalue weighted by atomic mass is 127. The number of hydrogen-bond donors (Lipinski definition) is 2. The number of halogens is 1. The first-order chi connectivity index (χ1) is 12.8. The van der Waals surface area contributed by atoms with Crippen molar-refractivity contribution in [3.05, 3.63) is 29.8 Å². The van der Waals surface area contributed by atoms with Crippen molar-refractivity contribution >= 4 is 29.9 Å². The molecule has 2 N–H and O–H groups in total. The Morgan fingerprint density at radius 3 is 2.44 bits per heavy atom. The van der Waals surface area contributed by atoms with Gasteiger partial charge in [0.1, 0.15) is 5.75 Å². The number of nitrogens with one attached hydrogen (secondary N) is 2. The molecule has 0 amide bonds. The van der Waals surface area contributed by atoms with E-state index in [9.17, 15) is 0 Å². The lowest BCUT2D eigenvalue weighted by Crippen LogP contribution is -2.38. The van der Waals surface area contributed by atoms with Gasteiger partial charge in [0.05, 0.1) is 33.5 Å². The molecule has 1 rings (SSSR count). The van der Waals surface area contributed by atoms with Crippen molar-refractivity contribution in [3.63, 3.8) is 0 Å². The minimum absolute atomic E-state index is 0. The van der Waals surface area contributed by atoms with E-state index in [0.717, 1.165) is 50.7 Å². The normalized spacial score (nSPS) is 11.0. The third-order valence-electron chi connectivity index (χ3n) is 3.74. The van der Waals surface area contributed by atoms with Gasteiger partial charge in [-0.05, 0) is 31.4 Å². The predicted molar refractivity (Wildman–Crippen MR) is 123 cm³/mol. The summed E-state index contributed by atoms with van der Waals surface area (Å²) in [5, 5.41) is 6.60. The minimum atomic E-state index is 0.